The second-order valence-corrected chi connectivity index (χ2v) is 11.3. The molecule has 0 amide bonds. The molecule has 4 heterocycles. The third kappa shape index (κ3) is 4.75. The number of hydrogen-bond donors (Lipinski definition) is 0. The smallest absolute Gasteiger partial charge is 0.493 e. The van der Waals surface area contributed by atoms with Crippen molar-refractivity contribution in [3.63, 3.8) is 0 Å². The van der Waals surface area contributed by atoms with Crippen LogP contribution in [0.15, 0.2) is 158 Å². The minimum atomic E-state index is 0. The predicted octanol–water partition coefficient (Wildman–Crippen LogP) is 10.6. The van der Waals surface area contributed by atoms with E-state index in [2.05, 4.69) is 147 Å². The average Bonchev–Trinajstić information content (AvgIpc) is 3.81. The maximum absolute atomic E-state index is 4.22. The molecule has 5 heteroatoms. The van der Waals surface area contributed by atoms with Gasteiger partial charge in [0.1, 0.15) is 0 Å². The molecule has 0 saturated heterocycles. The Kier molecular flexibility index (Phi) is 7.41. The number of rotatable bonds is 3. The molecule has 0 atom stereocenters. The van der Waals surface area contributed by atoms with Crippen LogP contribution in [-0.4, -0.2) is 9.38 Å². The molecule has 0 unspecified atom stereocenters. The summed E-state index contributed by atoms with van der Waals surface area (Å²) < 4.78 is 2.42. The maximum atomic E-state index is 4.22. The van der Waals surface area contributed by atoms with E-state index in [0.717, 1.165) is 28.3 Å². The molecule has 10 rings (SSSR count). The van der Waals surface area contributed by atoms with Crippen LogP contribution in [0.1, 0.15) is 0 Å². The molecule has 0 aliphatic carbocycles. The molecule has 0 N–H and O–H groups in total. The summed E-state index contributed by atoms with van der Waals surface area (Å²) in [6.45, 7) is 2.20. The van der Waals surface area contributed by atoms with Crippen LogP contribution in [-0.2, 0) is 20.1 Å². The SMILES string of the molecule is [Ir+3].[c-]1cc2c3ccccc3n3c4ccccc4c(c1N1[CH-]N(c4ccccc4)c4ccccc41)c23.[c-]1ccccc1-c1ccccn1. The van der Waals surface area contributed by atoms with Gasteiger partial charge in [0.2, 0.25) is 0 Å². The van der Waals surface area contributed by atoms with Gasteiger partial charge < -0.3 is 19.2 Å². The summed E-state index contributed by atoms with van der Waals surface area (Å²) in [4.78, 5) is 8.77. The van der Waals surface area contributed by atoms with E-state index in [1.165, 1.54) is 43.8 Å². The number of aromatic nitrogens is 2. The topological polar surface area (TPSA) is 23.8 Å². The minimum absolute atomic E-state index is 0. The van der Waals surface area contributed by atoms with Crippen LogP contribution >= 0.6 is 0 Å². The molecule has 3 aromatic heterocycles. The van der Waals surface area contributed by atoms with Gasteiger partial charge in [0.15, 0.2) is 0 Å². The Morgan fingerprint density at radius 2 is 1.21 bits per heavy atom. The molecule has 0 bridgehead atoms. The normalized spacial score (nSPS) is 12.3. The summed E-state index contributed by atoms with van der Waals surface area (Å²) in [5, 5.41) is 5.01. The summed E-state index contributed by atoms with van der Waals surface area (Å²) in [6, 6.07) is 59.2. The van der Waals surface area contributed by atoms with E-state index in [-0.39, 0.29) is 20.1 Å². The fraction of sp³-hybridized carbons (Fsp3) is 0. The van der Waals surface area contributed by atoms with Crippen molar-refractivity contribution in [1.82, 2.24) is 9.38 Å². The number of pyridine rings is 1. The van der Waals surface area contributed by atoms with Gasteiger partial charge in [-0.3, -0.25) is 0 Å². The number of fused-ring (bicyclic) bond motifs is 7. The summed E-state index contributed by atoms with van der Waals surface area (Å²) in [7, 11) is 0. The van der Waals surface area contributed by atoms with Crippen molar-refractivity contribution in [3.8, 4) is 11.3 Å². The first kappa shape index (κ1) is 29.0. The number of anilines is 4. The third-order valence-electron chi connectivity index (χ3n) is 8.71. The van der Waals surface area contributed by atoms with Crippen LogP contribution < -0.4 is 9.80 Å². The summed E-state index contributed by atoms with van der Waals surface area (Å²) in [6.07, 6.45) is 1.79. The van der Waals surface area contributed by atoms with Gasteiger partial charge >= 0.3 is 20.1 Å². The zero-order chi connectivity index (χ0) is 30.5. The Morgan fingerprint density at radius 1 is 0.553 bits per heavy atom. The van der Waals surface area contributed by atoms with Gasteiger partial charge in [-0.2, -0.15) is 12.1 Å². The minimum Gasteiger partial charge on any atom is -0.493 e. The summed E-state index contributed by atoms with van der Waals surface area (Å²) in [5.74, 6) is 0. The van der Waals surface area contributed by atoms with Crippen LogP contribution in [0.2, 0.25) is 0 Å². The van der Waals surface area contributed by atoms with Crippen LogP contribution in [0, 0.1) is 18.8 Å². The molecule has 0 spiro atoms. The van der Waals surface area contributed by atoms with Gasteiger partial charge in [-0.15, -0.1) is 48.0 Å². The Labute approximate surface area is 286 Å². The Balaban J connectivity index is 0.000000212. The van der Waals surface area contributed by atoms with Crippen LogP contribution in [0.3, 0.4) is 0 Å². The predicted molar refractivity (Wildman–Crippen MR) is 190 cm³/mol. The second kappa shape index (κ2) is 12.0. The standard InChI is InChI=1S/C31H19N3.C11H8N.Ir/c1-2-10-21(11-3-1)32-20-33(28-17-9-8-16-27(28)32)29-19-18-23-22-12-4-6-14-25(22)34-26-15-7-5-13-24(26)30(29)31(23)34;1-2-6-10(7-3-1)11-8-4-5-9-12-11;/h1-18,20H;1-6,8-9H;/q-2;-1;+3. The van der Waals surface area contributed by atoms with Crippen molar-refractivity contribution >= 4 is 60.8 Å². The fourth-order valence-electron chi connectivity index (χ4n) is 6.72. The Hall–Kier alpha value is -5.48. The number of nitrogens with zero attached hydrogens (tertiary/aromatic N) is 4. The van der Waals surface area contributed by atoms with E-state index in [1.807, 2.05) is 42.5 Å². The van der Waals surface area contributed by atoms with Gasteiger partial charge in [-0.1, -0.05) is 89.9 Å². The van der Waals surface area contributed by atoms with Crippen molar-refractivity contribution in [1.29, 1.82) is 0 Å². The third-order valence-corrected chi connectivity index (χ3v) is 8.71. The van der Waals surface area contributed by atoms with Gasteiger partial charge in [0.25, 0.3) is 0 Å². The molecule has 47 heavy (non-hydrogen) atoms. The van der Waals surface area contributed by atoms with Crippen LogP contribution in [0.25, 0.3) is 49.4 Å². The van der Waals surface area contributed by atoms with Crippen molar-refractivity contribution in [2.24, 2.45) is 0 Å². The van der Waals surface area contributed by atoms with E-state index in [0.29, 0.717) is 0 Å². The van der Waals surface area contributed by atoms with Gasteiger partial charge in [-0.25, -0.2) is 0 Å². The Bertz CT molecular complexity index is 2420. The monoisotopic (exact) mass is 780 g/mol. The first-order valence-electron chi connectivity index (χ1n) is 15.4. The maximum Gasteiger partial charge on any atom is 3.00 e. The number of hydrogen-bond acceptors (Lipinski definition) is 3. The van der Waals surface area contributed by atoms with Crippen molar-refractivity contribution in [2.45, 2.75) is 0 Å². The number of para-hydroxylation sites is 5. The van der Waals surface area contributed by atoms with Gasteiger partial charge in [0.05, 0.1) is 0 Å². The fourth-order valence-corrected chi connectivity index (χ4v) is 6.72. The average molecular weight is 780 g/mol. The largest absolute Gasteiger partial charge is 3.00 e. The van der Waals surface area contributed by atoms with E-state index in [1.54, 1.807) is 6.20 Å². The molecule has 0 fully saturated rings. The molecule has 4 nitrogen and oxygen atoms in total. The molecular weight excluding hydrogens is 753 g/mol. The Morgan fingerprint density at radius 3 is 1.96 bits per heavy atom. The van der Waals surface area contributed by atoms with E-state index in [9.17, 15) is 0 Å². The zero-order valence-corrected chi connectivity index (χ0v) is 27.6. The molecule has 6 aromatic carbocycles. The van der Waals surface area contributed by atoms with Crippen molar-refractivity contribution in [2.75, 3.05) is 9.80 Å². The molecule has 0 saturated carbocycles. The molecule has 224 valence electrons. The molecule has 1 aliphatic rings. The van der Waals surface area contributed by atoms with E-state index < -0.39 is 0 Å². The molecule has 1 aliphatic heterocycles. The first-order chi connectivity index (χ1) is 22.9. The summed E-state index contributed by atoms with van der Waals surface area (Å²) >= 11 is 0. The van der Waals surface area contributed by atoms with Gasteiger partial charge in [-0.05, 0) is 64.4 Å². The second-order valence-electron chi connectivity index (χ2n) is 11.3. The molecular formula is C42H27IrN4. The quantitative estimate of drug-likeness (QED) is 0.167. The first-order valence-corrected chi connectivity index (χ1v) is 15.4. The van der Waals surface area contributed by atoms with E-state index in [4.69, 9.17) is 0 Å². The van der Waals surface area contributed by atoms with E-state index >= 15 is 0 Å². The zero-order valence-electron chi connectivity index (χ0n) is 25.2. The molecule has 9 aromatic rings. The summed E-state index contributed by atoms with van der Waals surface area (Å²) in [5.41, 5.74) is 10.3. The number of benzene rings is 6. The molecule has 0 radical (unpaired) electrons. The van der Waals surface area contributed by atoms with Crippen molar-refractivity contribution < 1.29 is 20.1 Å². The van der Waals surface area contributed by atoms with Crippen LogP contribution in [0.4, 0.5) is 22.7 Å². The van der Waals surface area contributed by atoms with Crippen LogP contribution in [0.5, 0.6) is 0 Å². The van der Waals surface area contributed by atoms with Gasteiger partial charge in [0, 0.05) is 34.3 Å². The van der Waals surface area contributed by atoms with Crippen molar-refractivity contribution in [3.05, 3.63) is 177 Å².